The Bertz CT molecular complexity index is 766. The van der Waals surface area contributed by atoms with Crippen LogP contribution in [0.25, 0.3) is 17.3 Å². The molecule has 0 saturated carbocycles. The van der Waals surface area contributed by atoms with Gasteiger partial charge in [-0.3, -0.25) is 4.98 Å². The SMILES string of the molecule is CC=CCCc1cc(C)cc(-c2ccc3c(n2)CCC=C3)c1C. The molecule has 0 saturated heterocycles. The lowest BCUT2D eigenvalue weighted by Crippen LogP contribution is -2.01. The first-order chi connectivity index (χ1) is 11.2. The van der Waals surface area contributed by atoms with Crippen LogP contribution in [0.1, 0.15) is 47.7 Å². The van der Waals surface area contributed by atoms with E-state index in [4.69, 9.17) is 4.98 Å². The van der Waals surface area contributed by atoms with Crippen LogP contribution in [0.3, 0.4) is 0 Å². The Morgan fingerprint density at radius 3 is 2.87 bits per heavy atom. The van der Waals surface area contributed by atoms with Gasteiger partial charge in [0.2, 0.25) is 0 Å². The molecule has 1 heteroatoms. The Morgan fingerprint density at radius 2 is 2.04 bits per heavy atom. The van der Waals surface area contributed by atoms with E-state index in [1.165, 1.54) is 33.5 Å². The molecule has 23 heavy (non-hydrogen) atoms. The number of aromatic nitrogens is 1. The molecule has 0 atom stereocenters. The molecule has 0 spiro atoms. The standard InChI is InChI=1S/C22H25N/c1-4-5-6-10-19-14-16(2)15-20(17(19)3)22-13-12-18-9-7-8-11-21(18)23-22/h4-5,7,9,12-15H,6,8,10-11H2,1-3H3. The van der Waals surface area contributed by atoms with Gasteiger partial charge >= 0.3 is 0 Å². The predicted octanol–water partition coefficient (Wildman–Crippen LogP) is 5.83. The summed E-state index contributed by atoms with van der Waals surface area (Å²) in [6.07, 6.45) is 13.2. The summed E-state index contributed by atoms with van der Waals surface area (Å²) in [4.78, 5) is 4.96. The molecule has 1 heterocycles. The molecule has 1 nitrogen and oxygen atoms in total. The van der Waals surface area contributed by atoms with Crippen molar-refractivity contribution in [1.82, 2.24) is 4.98 Å². The zero-order chi connectivity index (χ0) is 16.2. The minimum Gasteiger partial charge on any atom is -0.252 e. The topological polar surface area (TPSA) is 12.9 Å². The maximum atomic E-state index is 4.96. The van der Waals surface area contributed by atoms with Crippen LogP contribution in [0, 0.1) is 13.8 Å². The van der Waals surface area contributed by atoms with Crippen LogP contribution in [0.5, 0.6) is 0 Å². The maximum absolute atomic E-state index is 4.96. The van der Waals surface area contributed by atoms with Crippen molar-refractivity contribution in [3.8, 4) is 11.3 Å². The van der Waals surface area contributed by atoms with Crippen molar-refractivity contribution >= 4 is 6.08 Å². The molecular formula is C22H25N. The molecule has 0 fully saturated rings. The highest BCUT2D eigenvalue weighted by molar-refractivity contribution is 5.68. The van der Waals surface area contributed by atoms with E-state index in [1.54, 1.807) is 0 Å². The number of rotatable bonds is 4. The molecule has 3 rings (SSSR count). The highest BCUT2D eigenvalue weighted by Gasteiger charge is 2.12. The number of hydrogen-bond donors (Lipinski definition) is 0. The van der Waals surface area contributed by atoms with E-state index in [0.717, 1.165) is 31.4 Å². The maximum Gasteiger partial charge on any atom is 0.0708 e. The highest BCUT2D eigenvalue weighted by Crippen LogP contribution is 2.29. The average Bonchev–Trinajstić information content (AvgIpc) is 2.57. The van der Waals surface area contributed by atoms with Crippen molar-refractivity contribution in [2.45, 2.75) is 46.5 Å². The second kappa shape index (κ2) is 6.95. The number of fused-ring (bicyclic) bond motifs is 1. The van der Waals surface area contributed by atoms with Crippen LogP contribution in [0.2, 0.25) is 0 Å². The van der Waals surface area contributed by atoms with Crippen LogP contribution in [-0.4, -0.2) is 4.98 Å². The van der Waals surface area contributed by atoms with Gasteiger partial charge in [-0.15, -0.1) is 0 Å². The molecule has 0 bridgehead atoms. The number of allylic oxidation sites excluding steroid dienone is 3. The Kier molecular flexibility index (Phi) is 4.76. The van der Waals surface area contributed by atoms with E-state index in [9.17, 15) is 0 Å². The van der Waals surface area contributed by atoms with Gasteiger partial charge < -0.3 is 0 Å². The molecule has 1 aliphatic rings. The normalized spacial score (nSPS) is 13.5. The summed E-state index contributed by atoms with van der Waals surface area (Å²) in [5, 5.41) is 0. The fourth-order valence-corrected chi connectivity index (χ4v) is 3.31. The van der Waals surface area contributed by atoms with Crippen LogP contribution >= 0.6 is 0 Å². The van der Waals surface area contributed by atoms with Gasteiger partial charge in [0.25, 0.3) is 0 Å². The quantitative estimate of drug-likeness (QED) is 0.647. The molecule has 1 aliphatic carbocycles. The Labute approximate surface area is 139 Å². The summed E-state index contributed by atoms with van der Waals surface area (Å²) in [7, 11) is 0. The third-order valence-electron chi connectivity index (χ3n) is 4.61. The van der Waals surface area contributed by atoms with Crippen molar-refractivity contribution in [2.24, 2.45) is 0 Å². The summed E-state index contributed by atoms with van der Waals surface area (Å²) < 4.78 is 0. The Hall–Kier alpha value is -2.15. The van der Waals surface area contributed by atoms with Crippen molar-refractivity contribution in [1.29, 1.82) is 0 Å². The van der Waals surface area contributed by atoms with Gasteiger partial charge in [-0.1, -0.05) is 42.0 Å². The fraction of sp³-hybridized carbons (Fsp3) is 0.318. The van der Waals surface area contributed by atoms with Crippen LogP contribution in [0.4, 0.5) is 0 Å². The second-order valence-corrected chi connectivity index (χ2v) is 6.38. The molecule has 118 valence electrons. The van der Waals surface area contributed by atoms with E-state index in [0.29, 0.717) is 0 Å². The van der Waals surface area contributed by atoms with Gasteiger partial charge in [0.15, 0.2) is 0 Å². The van der Waals surface area contributed by atoms with Crippen molar-refractivity contribution < 1.29 is 0 Å². The number of pyridine rings is 1. The van der Waals surface area contributed by atoms with E-state index in [1.807, 2.05) is 0 Å². The first-order valence-electron chi connectivity index (χ1n) is 8.57. The third-order valence-corrected chi connectivity index (χ3v) is 4.61. The third kappa shape index (κ3) is 3.44. The van der Waals surface area contributed by atoms with Crippen molar-refractivity contribution in [2.75, 3.05) is 0 Å². The number of aryl methyl sites for hydroxylation is 3. The first-order valence-corrected chi connectivity index (χ1v) is 8.57. The van der Waals surface area contributed by atoms with Gasteiger partial charge in [-0.25, -0.2) is 0 Å². The smallest absolute Gasteiger partial charge is 0.0708 e. The lowest BCUT2D eigenvalue weighted by Gasteiger charge is -2.15. The van der Waals surface area contributed by atoms with E-state index in [-0.39, 0.29) is 0 Å². The molecular weight excluding hydrogens is 278 g/mol. The summed E-state index contributed by atoms with van der Waals surface area (Å²) in [5.74, 6) is 0. The fourth-order valence-electron chi connectivity index (χ4n) is 3.31. The summed E-state index contributed by atoms with van der Waals surface area (Å²) in [5.41, 5.74) is 9.06. The molecule has 0 amide bonds. The highest BCUT2D eigenvalue weighted by atomic mass is 14.7. The predicted molar refractivity (Wildman–Crippen MR) is 99.6 cm³/mol. The number of benzene rings is 1. The van der Waals surface area contributed by atoms with Crippen molar-refractivity contribution in [3.63, 3.8) is 0 Å². The summed E-state index contributed by atoms with van der Waals surface area (Å²) in [6, 6.07) is 8.99. The lowest BCUT2D eigenvalue weighted by atomic mass is 9.93. The largest absolute Gasteiger partial charge is 0.252 e. The average molecular weight is 303 g/mol. The van der Waals surface area contributed by atoms with E-state index >= 15 is 0 Å². The monoisotopic (exact) mass is 303 g/mol. The Balaban J connectivity index is 2.00. The van der Waals surface area contributed by atoms with Crippen LogP contribution < -0.4 is 0 Å². The zero-order valence-corrected chi connectivity index (χ0v) is 14.4. The summed E-state index contributed by atoms with van der Waals surface area (Å²) in [6.45, 7) is 6.50. The van der Waals surface area contributed by atoms with Gasteiger partial charge in [-0.05, 0) is 75.3 Å². The van der Waals surface area contributed by atoms with E-state index < -0.39 is 0 Å². The van der Waals surface area contributed by atoms with Crippen molar-refractivity contribution in [3.05, 3.63) is 70.4 Å². The molecule has 1 aromatic carbocycles. The van der Waals surface area contributed by atoms with Gasteiger partial charge in [-0.2, -0.15) is 0 Å². The van der Waals surface area contributed by atoms with Crippen LogP contribution in [0.15, 0.2) is 42.5 Å². The van der Waals surface area contributed by atoms with Crippen LogP contribution in [-0.2, 0) is 12.8 Å². The van der Waals surface area contributed by atoms with E-state index in [2.05, 4.69) is 69.3 Å². The molecule has 0 radical (unpaired) electrons. The second-order valence-electron chi connectivity index (χ2n) is 6.38. The molecule has 0 N–H and O–H groups in total. The minimum atomic E-state index is 1.05. The molecule has 2 aromatic rings. The number of nitrogens with zero attached hydrogens (tertiary/aromatic N) is 1. The molecule has 0 aliphatic heterocycles. The van der Waals surface area contributed by atoms with Gasteiger partial charge in [0.1, 0.15) is 0 Å². The molecule has 0 unspecified atom stereocenters. The zero-order valence-electron chi connectivity index (χ0n) is 14.4. The minimum absolute atomic E-state index is 1.05. The first kappa shape index (κ1) is 15.7. The number of hydrogen-bond acceptors (Lipinski definition) is 1. The van der Waals surface area contributed by atoms with Gasteiger partial charge in [0.05, 0.1) is 5.69 Å². The lowest BCUT2D eigenvalue weighted by molar-refractivity contribution is 0.928. The Morgan fingerprint density at radius 1 is 1.17 bits per heavy atom. The van der Waals surface area contributed by atoms with Gasteiger partial charge in [0, 0.05) is 11.3 Å². The molecule has 1 aromatic heterocycles. The summed E-state index contributed by atoms with van der Waals surface area (Å²) >= 11 is 0.